The predicted octanol–water partition coefficient (Wildman–Crippen LogP) is 7.11. The molecule has 0 saturated carbocycles. The number of hydroxylamine groups is 1. The molecule has 8 nitrogen and oxygen atoms in total. The van der Waals surface area contributed by atoms with E-state index in [1.165, 1.54) is 11.8 Å². The Kier molecular flexibility index (Phi) is 12.2. The van der Waals surface area contributed by atoms with Gasteiger partial charge in [0.2, 0.25) is 0 Å². The van der Waals surface area contributed by atoms with Crippen LogP contribution in [0.15, 0.2) is 94.0 Å². The van der Waals surface area contributed by atoms with Gasteiger partial charge in [-0.2, -0.15) is 5.10 Å². The van der Waals surface area contributed by atoms with Crippen LogP contribution in [0.2, 0.25) is 0 Å². The smallest absolute Gasteiger partial charge is 0.255 e. The van der Waals surface area contributed by atoms with Gasteiger partial charge in [0, 0.05) is 34.1 Å². The Labute approximate surface area is 238 Å². The summed E-state index contributed by atoms with van der Waals surface area (Å²) >= 11 is 1.48. The molecule has 3 N–H and O–H groups in total. The zero-order valence-electron chi connectivity index (χ0n) is 22.7. The Balaban J connectivity index is 1.73. The molecule has 0 saturated heterocycles. The number of aromatic amines is 1. The fraction of sp³-hybridized carbons (Fsp3) is 0.233. The summed E-state index contributed by atoms with van der Waals surface area (Å²) < 4.78 is 17.8. The van der Waals surface area contributed by atoms with Gasteiger partial charge in [0.05, 0.1) is 29.1 Å². The second-order valence-electron chi connectivity index (χ2n) is 8.62. The number of fused-ring (bicyclic) bond motifs is 1. The molecule has 1 heterocycles. The fourth-order valence-corrected chi connectivity index (χ4v) is 4.89. The van der Waals surface area contributed by atoms with Crippen LogP contribution in [0.4, 0.5) is 4.53 Å². The molecule has 0 unspecified atom stereocenters. The lowest BCUT2D eigenvalue weighted by atomic mass is 10.1. The molecule has 0 aliphatic rings. The van der Waals surface area contributed by atoms with Crippen LogP contribution < -0.4 is 15.5 Å². The summed E-state index contributed by atoms with van der Waals surface area (Å²) in [5, 5.41) is 14.6. The molecule has 3 rings (SSSR count). The molecule has 0 atom stereocenters. The number of H-pyrrole nitrogens is 1. The van der Waals surface area contributed by atoms with Crippen LogP contribution in [-0.4, -0.2) is 36.0 Å². The molecule has 40 heavy (non-hydrogen) atoms. The van der Waals surface area contributed by atoms with Gasteiger partial charge in [0.15, 0.2) is 0 Å². The Morgan fingerprint density at radius 1 is 1.25 bits per heavy atom. The fourth-order valence-electron chi connectivity index (χ4n) is 3.88. The summed E-state index contributed by atoms with van der Waals surface area (Å²) in [4.78, 5) is 18.9. The average Bonchev–Trinajstić information content (AvgIpc) is 3.36. The molecule has 0 spiro atoms. The number of aliphatic imine (C=N–C) groups is 1. The molecule has 1 amide bonds. The van der Waals surface area contributed by atoms with Crippen molar-refractivity contribution in [3.63, 3.8) is 0 Å². The Morgan fingerprint density at radius 3 is 2.85 bits per heavy atom. The third kappa shape index (κ3) is 8.69. The Hall–Kier alpha value is -4.15. The Bertz CT molecular complexity index is 1410. The van der Waals surface area contributed by atoms with Crippen molar-refractivity contribution in [1.82, 2.24) is 21.0 Å². The molecule has 0 bridgehead atoms. The second kappa shape index (κ2) is 16.1. The lowest BCUT2D eigenvalue weighted by molar-refractivity contribution is -0.181. The maximum absolute atomic E-state index is 12.8. The van der Waals surface area contributed by atoms with Crippen molar-refractivity contribution in [1.29, 1.82) is 0 Å². The van der Waals surface area contributed by atoms with Crippen molar-refractivity contribution >= 4 is 40.9 Å². The molecular formula is C30H34FN5O3S. The van der Waals surface area contributed by atoms with Gasteiger partial charge in [-0.15, -0.1) is 0 Å². The topological polar surface area (TPSA) is 101 Å². The normalized spacial score (nSPS) is 11.8. The quantitative estimate of drug-likeness (QED) is 0.0744. The number of ether oxygens (including phenoxy) is 1. The van der Waals surface area contributed by atoms with Gasteiger partial charge in [-0.05, 0) is 85.7 Å². The van der Waals surface area contributed by atoms with E-state index in [1.54, 1.807) is 25.4 Å². The zero-order chi connectivity index (χ0) is 28.7. The molecule has 0 aliphatic heterocycles. The lowest BCUT2D eigenvalue weighted by Gasteiger charge is -2.14. The third-order valence-corrected chi connectivity index (χ3v) is 6.83. The first-order valence-electron chi connectivity index (χ1n) is 12.9. The van der Waals surface area contributed by atoms with Crippen LogP contribution in [0.5, 0.6) is 5.75 Å². The van der Waals surface area contributed by atoms with E-state index < -0.39 is 0 Å². The molecule has 0 radical (unpaired) electrons. The van der Waals surface area contributed by atoms with Crippen LogP contribution in [0, 0.1) is 0 Å². The summed E-state index contributed by atoms with van der Waals surface area (Å²) in [7, 11) is 1.60. The van der Waals surface area contributed by atoms with Crippen LogP contribution in [0.25, 0.3) is 17.0 Å². The van der Waals surface area contributed by atoms with E-state index in [0.29, 0.717) is 30.0 Å². The number of nitrogens with zero attached hydrogens (tertiary/aromatic N) is 2. The van der Waals surface area contributed by atoms with E-state index >= 15 is 0 Å². The van der Waals surface area contributed by atoms with Gasteiger partial charge in [-0.3, -0.25) is 14.9 Å². The van der Waals surface area contributed by atoms with Crippen LogP contribution in [0.3, 0.4) is 0 Å². The highest BCUT2D eigenvalue weighted by Gasteiger charge is 2.18. The monoisotopic (exact) mass is 563 g/mol. The summed E-state index contributed by atoms with van der Waals surface area (Å²) in [5.74, 6) is 0.300. The third-order valence-electron chi connectivity index (χ3n) is 5.78. The molecular weight excluding hydrogens is 529 g/mol. The number of rotatable bonds is 16. The van der Waals surface area contributed by atoms with Gasteiger partial charge >= 0.3 is 0 Å². The van der Waals surface area contributed by atoms with Crippen molar-refractivity contribution < 1.29 is 19.1 Å². The van der Waals surface area contributed by atoms with E-state index in [0.717, 1.165) is 51.3 Å². The molecule has 2 aromatic carbocycles. The molecule has 210 valence electrons. The second-order valence-corrected chi connectivity index (χ2v) is 9.73. The first-order chi connectivity index (χ1) is 19.5. The highest BCUT2D eigenvalue weighted by molar-refractivity contribution is 7.99. The number of amides is 1. The summed E-state index contributed by atoms with van der Waals surface area (Å²) in [6.07, 6.45) is 12.1. The SMILES string of the molecule is C=C/C=C(/C=C/c1n[nH]c2cc(Sc3cccc(OCCCCCC(=C)NOF)c3C(=O)NC)ccc12)N=CC. The number of carbonyl (C=O) groups is 1. The number of halogens is 1. The summed E-state index contributed by atoms with van der Waals surface area (Å²) in [6.45, 7) is 9.70. The van der Waals surface area contributed by atoms with Crippen LogP contribution in [0.1, 0.15) is 48.7 Å². The minimum atomic E-state index is -0.222. The van der Waals surface area contributed by atoms with E-state index in [2.05, 4.69) is 44.2 Å². The minimum absolute atomic E-state index is 0.222. The van der Waals surface area contributed by atoms with Gasteiger partial charge < -0.3 is 10.1 Å². The number of nitrogens with one attached hydrogen (secondary N) is 3. The number of aromatic nitrogens is 2. The van der Waals surface area contributed by atoms with E-state index in [1.807, 2.05) is 55.5 Å². The molecule has 0 aliphatic carbocycles. The van der Waals surface area contributed by atoms with Crippen molar-refractivity contribution in [3.05, 3.63) is 90.4 Å². The molecule has 1 aromatic heterocycles. The average molecular weight is 564 g/mol. The molecule has 0 fully saturated rings. The van der Waals surface area contributed by atoms with Gasteiger partial charge in [0.25, 0.3) is 5.91 Å². The Morgan fingerprint density at radius 2 is 2.10 bits per heavy atom. The van der Waals surface area contributed by atoms with Gasteiger partial charge in [-0.1, -0.05) is 42.1 Å². The number of hydrogen-bond donors (Lipinski definition) is 3. The van der Waals surface area contributed by atoms with E-state index in [-0.39, 0.29) is 5.91 Å². The van der Waals surface area contributed by atoms with Crippen molar-refractivity contribution in [2.45, 2.75) is 42.4 Å². The highest BCUT2D eigenvalue weighted by Crippen LogP contribution is 2.36. The largest absolute Gasteiger partial charge is 0.493 e. The number of unbranched alkanes of at least 4 members (excludes halogenated alkanes) is 2. The predicted molar refractivity (Wildman–Crippen MR) is 160 cm³/mol. The lowest BCUT2D eigenvalue weighted by Crippen LogP contribution is -2.20. The molecule has 10 heteroatoms. The van der Waals surface area contributed by atoms with Crippen LogP contribution >= 0.6 is 11.8 Å². The number of carbonyl (C=O) groups excluding carboxylic acids is 1. The first kappa shape index (κ1) is 30.4. The van der Waals surface area contributed by atoms with E-state index in [9.17, 15) is 9.32 Å². The summed E-state index contributed by atoms with van der Waals surface area (Å²) in [5.41, 5.74) is 5.50. The number of hydrogen-bond acceptors (Lipinski definition) is 7. The van der Waals surface area contributed by atoms with Gasteiger partial charge in [0.1, 0.15) is 5.75 Å². The number of allylic oxidation sites excluding steroid dienone is 4. The van der Waals surface area contributed by atoms with Crippen LogP contribution in [-0.2, 0) is 5.04 Å². The standard InChI is InChI=1S/C30H34FN5O3S/c1-5-11-22(33-6-2)15-18-25-24-17-16-23(20-26(24)35-34-25)40-28-14-10-13-27(29(28)30(37)32-4)38-19-9-7-8-12-21(3)36-39-31/h5-6,10-11,13-18,20,36H,1,3,7-9,12,19H2,2,4H3,(H,32,37)(H,34,35)/b18-15+,22-11-,33-6?. The zero-order valence-corrected chi connectivity index (χ0v) is 23.5. The number of benzene rings is 2. The maximum atomic E-state index is 12.8. The van der Waals surface area contributed by atoms with Gasteiger partial charge in [-0.25, -0.2) is 5.48 Å². The van der Waals surface area contributed by atoms with Crippen molar-refractivity contribution in [3.8, 4) is 5.75 Å². The van der Waals surface area contributed by atoms with E-state index in [4.69, 9.17) is 4.74 Å². The first-order valence-corrected chi connectivity index (χ1v) is 13.7. The minimum Gasteiger partial charge on any atom is -0.493 e. The highest BCUT2D eigenvalue weighted by atomic mass is 32.2. The van der Waals surface area contributed by atoms with Crippen molar-refractivity contribution in [2.75, 3.05) is 13.7 Å². The maximum Gasteiger partial charge on any atom is 0.255 e. The summed E-state index contributed by atoms with van der Waals surface area (Å²) in [6, 6.07) is 11.6. The molecule has 3 aromatic rings. The van der Waals surface area contributed by atoms with Crippen molar-refractivity contribution in [2.24, 2.45) is 4.99 Å².